The molecule has 4 aromatic carbocycles. The van der Waals surface area contributed by atoms with Crippen LogP contribution in [0.1, 0.15) is 45.3 Å². The molecule has 0 bridgehead atoms. The van der Waals surface area contributed by atoms with Crippen molar-refractivity contribution in [2.45, 2.75) is 32.9 Å². The van der Waals surface area contributed by atoms with Gasteiger partial charge in [-0.05, 0) is 86.0 Å². The number of hydrogen-bond donors (Lipinski definition) is 0. The SMILES string of the molecule is CCOc1ccc2nc(N3C(=O)c4oc5cc(C)c(C)cc5c(=O)c4C34C(=O)N(Cc3ccc(Cl)cc3)c3ccccc34)sc2c1. The molecule has 10 heteroatoms. The van der Waals surface area contributed by atoms with E-state index in [2.05, 4.69) is 0 Å². The zero-order chi connectivity index (χ0) is 31.9. The molecule has 6 aromatic rings. The maximum atomic E-state index is 15.2. The molecule has 0 fully saturated rings. The molecule has 1 unspecified atom stereocenters. The van der Waals surface area contributed by atoms with Crippen molar-refractivity contribution in [3.8, 4) is 5.75 Å². The van der Waals surface area contributed by atoms with Crippen molar-refractivity contribution in [3.63, 3.8) is 0 Å². The fourth-order valence-electron chi connectivity index (χ4n) is 6.59. The Morgan fingerprint density at radius 2 is 1.72 bits per heavy atom. The molecule has 1 atom stereocenters. The average molecular weight is 648 g/mol. The van der Waals surface area contributed by atoms with Gasteiger partial charge in [-0.1, -0.05) is 53.3 Å². The number of fused-ring (bicyclic) bond motifs is 6. The second-order valence-corrected chi connectivity index (χ2v) is 13.0. The number of thiazole rings is 1. The largest absolute Gasteiger partial charge is 0.494 e. The third-order valence-electron chi connectivity index (χ3n) is 8.85. The molecule has 8 rings (SSSR count). The Bertz CT molecular complexity index is 2330. The number of rotatable bonds is 5. The van der Waals surface area contributed by atoms with Crippen LogP contribution in [0.4, 0.5) is 10.8 Å². The molecule has 228 valence electrons. The van der Waals surface area contributed by atoms with Gasteiger partial charge in [0.1, 0.15) is 11.3 Å². The molecule has 46 heavy (non-hydrogen) atoms. The number of halogens is 1. The quantitative estimate of drug-likeness (QED) is 0.192. The van der Waals surface area contributed by atoms with Gasteiger partial charge in [0.15, 0.2) is 16.1 Å². The number of hydrogen-bond acceptors (Lipinski definition) is 7. The van der Waals surface area contributed by atoms with Gasteiger partial charge in [0.05, 0.1) is 40.0 Å². The van der Waals surface area contributed by atoms with Crippen molar-refractivity contribution < 1.29 is 18.7 Å². The highest BCUT2D eigenvalue weighted by atomic mass is 35.5. The van der Waals surface area contributed by atoms with Gasteiger partial charge in [0, 0.05) is 10.6 Å². The molecule has 0 aliphatic carbocycles. The summed E-state index contributed by atoms with van der Waals surface area (Å²) in [6, 6.07) is 23.5. The highest BCUT2D eigenvalue weighted by molar-refractivity contribution is 7.22. The first-order chi connectivity index (χ1) is 22.2. The van der Waals surface area contributed by atoms with E-state index in [1.54, 1.807) is 35.2 Å². The summed E-state index contributed by atoms with van der Waals surface area (Å²) in [7, 11) is 0. The summed E-state index contributed by atoms with van der Waals surface area (Å²) in [5.74, 6) is -0.541. The molecule has 0 saturated heterocycles. The number of benzene rings is 4. The van der Waals surface area contributed by atoms with E-state index >= 15 is 4.79 Å². The van der Waals surface area contributed by atoms with E-state index in [4.69, 9.17) is 25.7 Å². The average Bonchev–Trinajstić information content (AvgIpc) is 3.65. The van der Waals surface area contributed by atoms with E-state index in [1.165, 1.54) is 16.2 Å². The van der Waals surface area contributed by atoms with Crippen LogP contribution in [-0.4, -0.2) is 23.4 Å². The molecular weight excluding hydrogens is 622 g/mol. The summed E-state index contributed by atoms with van der Waals surface area (Å²) in [6.07, 6.45) is 0. The van der Waals surface area contributed by atoms with Gasteiger partial charge in [-0.25, -0.2) is 4.98 Å². The number of carbonyl (C=O) groups excluding carboxylic acids is 2. The van der Waals surface area contributed by atoms with Crippen LogP contribution in [-0.2, 0) is 16.9 Å². The van der Waals surface area contributed by atoms with Crippen LogP contribution in [0.15, 0.2) is 88.1 Å². The summed E-state index contributed by atoms with van der Waals surface area (Å²) in [5, 5.41) is 1.16. The van der Waals surface area contributed by atoms with Crippen LogP contribution in [0.5, 0.6) is 5.75 Å². The van der Waals surface area contributed by atoms with Gasteiger partial charge in [0.2, 0.25) is 5.76 Å². The van der Waals surface area contributed by atoms with E-state index in [-0.39, 0.29) is 23.0 Å². The van der Waals surface area contributed by atoms with Crippen molar-refractivity contribution in [3.05, 3.63) is 128 Å². The minimum absolute atomic E-state index is 0.00132. The van der Waals surface area contributed by atoms with Gasteiger partial charge >= 0.3 is 0 Å². The van der Waals surface area contributed by atoms with Crippen LogP contribution in [0.25, 0.3) is 21.2 Å². The Kier molecular flexibility index (Phi) is 6.36. The van der Waals surface area contributed by atoms with Crippen molar-refractivity contribution in [2.75, 3.05) is 16.4 Å². The second-order valence-electron chi connectivity index (χ2n) is 11.5. The minimum atomic E-state index is -1.85. The van der Waals surface area contributed by atoms with Gasteiger partial charge in [0.25, 0.3) is 11.8 Å². The van der Waals surface area contributed by atoms with E-state index in [0.29, 0.717) is 45.1 Å². The summed E-state index contributed by atoms with van der Waals surface area (Å²) >= 11 is 7.41. The fraction of sp³-hybridized carbons (Fsp3) is 0.167. The monoisotopic (exact) mass is 647 g/mol. The zero-order valence-electron chi connectivity index (χ0n) is 25.1. The maximum Gasteiger partial charge on any atom is 0.297 e. The topological polar surface area (TPSA) is 93.0 Å². The summed E-state index contributed by atoms with van der Waals surface area (Å²) in [5.41, 5.74) is 2.40. The standard InChI is InChI=1S/C36H26ClN3O5S/c1-4-44-23-13-14-26-29(17-23)46-35(38-26)40-33(42)32-30(31(41)24-15-19(2)20(3)16-28(24)45-32)36(40)25-7-5-6-8-27(25)39(34(36)43)18-21-9-11-22(37)12-10-21/h5-17H,4,18H2,1-3H3. The summed E-state index contributed by atoms with van der Waals surface area (Å²) in [6.45, 7) is 6.43. The third kappa shape index (κ3) is 3.91. The van der Waals surface area contributed by atoms with Gasteiger partial charge in [-0.3, -0.25) is 19.3 Å². The van der Waals surface area contributed by atoms with E-state index in [9.17, 15) is 9.59 Å². The van der Waals surface area contributed by atoms with Crippen LogP contribution in [0.2, 0.25) is 5.02 Å². The van der Waals surface area contributed by atoms with Crippen LogP contribution < -0.4 is 20.0 Å². The minimum Gasteiger partial charge on any atom is -0.494 e. The number of aromatic nitrogens is 1. The van der Waals surface area contributed by atoms with Crippen LogP contribution >= 0.6 is 22.9 Å². The normalized spacial score (nSPS) is 17.0. The molecule has 2 aromatic heterocycles. The lowest BCUT2D eigenvalue weighted by Crippen LogP contribution is -2.53. The smallest absolute Gasteiger partial charge is 0.297 e. The van der Waals surface area contributed by atoms with Gasteiger partial charge in [-0.15, -0.1) is 0 Å². The Labute approximate surface area is 272 Å². The molecule has 0 radical (unpaired) electrons. The van der Waals surface area contributed by atoms with Crippen molar-refractivity contribution in [1.29, 1.82) is 0 Å². The highest BCUT2D eigenvalue weighted by Gasteiger charge is 2.66. The molecule has 1 spiro atoms. The number of para-hydroxylation sites is 1. The number of carbonyl (C=O) groups is 2. The lowest BCUT2D eigenvalue weighted by molar-refractivity contribution is -0.121. The van der Waals surface area contributed by atoms with E-state index in [1.807, 2.05) is 69.3 Å². The van der Waals surface area contributed by atoms with Crippen molar-refractivity contribution >= 4 is 66.8 Å². The maximum absolute atomic E-state index is 15.2. The van der Waals surface area contributed by atoms with Gasteiger partial charge < -0.3 is 14.1 Å². The van der Waals surface area contributed by atoms with E-state index < -0.39 is 22.8 Å². The lowest BCUT2D eigenvalue weighted by Gasteiger charge is -2.32. The lowest BCUT2D eigenvalue weighted by atomic mass is 9.84. The molecular formula is C36H26ClN3O5S. The predicted octanol–water partition coefficient (Wildman–Crippen LogP) is 7.52. The molecule has 4 heterocycles. The number of amides is 2. The van der Waals surface area contributed by atoms with Gasteiger partial charge in [-0.2, -0.15) is 0 Å². The Morgan fingerprint density at radius 1 is 0.957 bits per heavy atom. The summed E-state index contributed by atoms with van der Waals surface area (Å²) in [4.78, 5) is 52.3. The molecule has 2 amide bonds. The molecule has 2 aliphatic heterocycles. The number of ether oxygens (including phenoxy) is 1. The number of nitrogens with zero attached hydrogens (tertiary/aromatic N) is 3. The Hall–Kier alpha value is -4.99. The van der Waals surface area contributed by atoms with Crippen LogP contribution in [0, 0.1) is 13.8 Å². The molecule has 0 N–H and O–H groups in total. The van der Waals surface area contributed by atoms with E-state index in [0.717, 1.165) is 21.4 Å². The fourth-order valence-corrected chi connectivity index (χ4v) is 7.76. The molecule has 2 aliphatic rings. The zero-order valence-corrected chi connectivity index (χ0v) is 26.7. The molecule has 8 nitrogen and oxygen atoms in total. The first-order valence-electron chi connectivity index (χ1n) is 14.8. The highest BCUT2D eigenvalue weighted by Crippen LogP contribution is 2.55. The first-order valence-corrected chi connectivity index (χ1v) is 16.0. The third-order valence-corrected chi connectivity index (χ3v) is 10.1. The Balaban J connectivity index is 1.43. The number of anilines is 2. The van der Waals surface area contributed by atoms with Crippen molar-refractivity contribution in [1.82, 2.24) is 4.98 Å². The predicted molar refractivity (Wildman–Crippen MR) is 179 cm³/mol. The molecule has 0 saturated carbocycles. The Morgan fingerprint density at radius 3 is 2.50 bits per heavy atom. The van der Waals surface area contributed by atoms with Crippen LogP contribution in [0.3, 0.4) is 0 Å². The van der Waals surface area contributed by atoms with Crippen molar-refractivity contribution in [2.24, 2.45) is 0 Å². The second kappa shape index (κ2) is 10.3. The first kappa shape index (κ1) is 28.5. The summed E-state index contributed by atoms with van der Waals surface area (Å²) < 4.78 is 12.8. The number of aryl methyl sites for hydroxylation is 2.